The minimum atomic E-state index is -0.760. The molecule has 0 amide bonds. The number of esters is 3. The third kappa shape index (κ3) is 41.9. The molecule has 2 atom stereocenters. The van der Waals surface area contributed by atoms with Crippen molar-refractivity contribution in [2.75, 3.05) is 13.2 Å². The lowest BCUT2D eigenvalue weighted by molar-refractivity contribution is -0.167. The summed E-state index contributed by atoms with van der Waals surface area (Å²) in [5.74, 6) is 0.818. The van der Waals surface area contributed by atoms with Gasteiger partial charge in [-0.15, -0.1) is 0 Å². The van der Waals surface area contributed by atoms with Crippen LogP contribution < -0.4 is 0 Å². The molecule has 0 aromatic rings. The van der Waals surface area contributed by atoms with Crippen molar-refractivity contribution in [1.82, 2.24) is 0 Å². The van der Waals surface area contributed by atoms with E-state index in [0.29, 0.717) is 19.3 Å². The molecule has 0 aromatic heterocycles. The Balaban J connectivity index is 4.25. The lowest BCUT2D eigenvalue weighted by Gasteiger charge is -2.18. The molecule has 0 bridgehead atoms. The van der Waals surface area contributed by atoms with Crippen LogP contribution in [0, 0.1) is 11.8 Å². The average Bonchev–Trinajstić information content (AvgIpc) is 3.17. The molecule has 0 aliphatic heterocycles. The summed E-state index contributed by atoms with van der Waals surface area (Å²) >= 11 is 0. The Labute approximate surface area is 342 Å². The van der Waals surface area contributed by atoms with E-state index < -0.39 is 6.10 Å². The van der Waals surface area contributed by atoms with Crippen LogP contribution in [-0.2, 0) is 28.6 Å². The summed E-state index contributed by atoms with van der Waals surface area (Å²) < 4.78 is 16.7. The van der Waals surface area contributed by atoms with E-state index >= 15 is 0 Å². The highest BCUT2D eigenvalue weighted by Crippen LogP contribution is 2.17. The van der Waals surface area contributed by atoms with Crippen molar-refractivity contribution in [3.05, 3.63) is 0 Å². The monoisotopic (exact) mass is 779 g/mol. The number of rotatable bonds is 43. The molecule has 55 heavy (non-hydrogen) atoms. The molecule has 0 rings (SSSR count). The highest BCUT2D eigenvalue weighted by atomic mass is 16.6. The number of hydrogen-bond acceptors (Lipinski definition) is 6. The van der Waals surface area contributed by atoms with E-state index in [1.165, 1.54) is 154 Å². The first-order valence-electron chi connectivity index (χ1n) is 24.3. The van der Waals surface area contributed by atoms with Crippen molar-refractivity contribution in [3.63, 3.8) is 0 Å². The maximum absolute atomic E-state index is 12.7. The fourth-order valence-corrected chi connectivity index (χ4v) is 7.25. The van der Waals surface area contributed by atoms with E-state index in [-0.39, 0.29) is 31.1 Å². The van der Waals surface area contributed by atoms with Crippen molar-refractivity contribution < 1.29 is 28.6 Å². The normalized spacial score (nSPS) is 12.5. The highest BCUT2D eigenvalue weighted by Gasteiger charge is 2.19. The summed E-state index contributed by atoms with van der Waals surface area (Å²) in [6.07, 6.45) is 40.9. The molecule has 0 aromatic carbocycles. The average molecular weight is 779 g/mol. The maximum atomic E-state index is 12.7. The van der Waals surface area contributed by atoms with E-state index in [4.69, 9.17) is 14.2 Å². The molecule has 326 valence electrons. The molecular weight excluding hydrogens is 685 g/mol. The molecule has 0 saturated carbocycles. The molecule has 6 heteroatoms. The summed E-state index contributed by atoms with van der Waals surface area (Å²) in [4.78, 5) is 37.7. The zero-order valence-corrected chi connectivity index (χ0v) is 37.6. The number of carbonyl (C=O) groups excluding carboxylic acids is 3. The highest BCUT2D eigenvalue weighted by molar-refractivity contribution is 5.71. The Morgan fingerprint density at radius 1 is 0.382 bits per heavy atom. The predicted molar refractivity (Wildman–Crippen MR) is 233 cm³/mol. The topological polar surface area (TPSA) is 78.9 Å². The zero-order valence-electron chi connectivity index (χ0n) is 37.6. The third-order valence-electron chi connectivity index (χ3n) is 11.3. The van der Waals surface area contributed by atoms with Gasteiger partial charge in [-0.1, -0.05) is 227 Å². The number of ether oxygens (including phenoxy) is 3. The van der Waals surface area contributed by atoms with Gasteiger partial charge in [0.2, 0.25) is 0 Å². The molecule has 0 spiro atoms. The van der Waals surface area contributed by atoms with E-state index in [1.54, 1.807) is 0 Å². The third-order valence-corrected chi connectivity index (χ3v) is 11.3. The van der Waals surface area contributed by atoms with Crippen molar-refractivity contribution in [2.45, 2.75) is 272 Å². The van der Waals surface area contributed by atoms with Crippen LogP contribution in [0.5, 0.6) is 0 Å². The van der Waals surface area contributed by atoms with E-state index in [9.17, 15) is 14.4 Å². The number of carbonyl (C=O) groups is 3. The van der Waals surface area contributed by atoms with Gasteiger partial charge in [0.05, 0.1) is 0 Å². The van der Waals surface area contributed by atoms with Gasteiger partial charge in [0, 0.05) is 19.3 Å². The van der Waals surface area contributed by atoms with Crippen LogP contribution in [0.25, 0.3) is 0 Å². The fraction of sp³-hybridized carbons (Fsp3) is 0.939. The predicted octanol–water partition coefficient (Wildman–Crippen LogP) is 15.4. The molecule has 0 aliphatic carbocycles. The van der Waals surface area contributed by atoms with Gasteiger partial charge in [-0.05, 0) is 31.1 Å². The van der Waals surface area contributed by atoms with Gasteiger partial charge in [0.25, 0.3) is 0 Å². The molecule has 0 fully saturated rings. The molecule has 0 saturated heterocycles. The van der Waals surface area contributed by atoms with Gasteiger partial charge in [0.1, 0.15) is 13.2 Å². The first kappa shape index (κ1) is 53.4. The minimum absolute atomic E-state index is 0.0650. The molecular formula is C49H94O6. The second-order valence-corrected chi connectivity index (χ2v) is 17.5. The van der Waals surface area contributed by atoms with Crippen LogP contribution in [-0.4, -0.2) is 37.2 Å². The van der Waals surface area contributed by atoms with Crippen LogP contribution >= 0.6 is 0 Å². The molecule has 0 heterocycles. The van der Waals surface area contributed by atoms with Gasteiger partial charge < -0.3 is 14.2 Å². The van der Waals surface area contributed by atoms with Crippen molar-refractivity contribution in [3.8, 4) is 0 Å². The molecule has 0 N–H and O–H groups in total. The Morgan fingerprint density at radius 3 is 1.04 bits per heavy atom. The molecule has 0 radical (unpaired) electrons. The largest absolute Gasteiger partial charge is 0.462 e. The van der Waals surface area contributed by atoms with Crippen LogP contribution in [0.15, 0.2) is 0 Å². The summed E-state index contributed by atoms with van der Waals surface area (Å²) in [6.45, 7) is 11.3. The summed E-state index contributed by atoms with van der Waals surface area (Å²) in [5.41, 5.74) is 0. The smallest absolute Gasteiger partial charge is 0.306 e. The van der Waals surface area contributed by atoms with Crippen LogP contribution in [0.1, 0.15) is 266 Å². The van der Waals surface area contributed by atoms with Crippen molar-refractivity contribution in [2.24, 2.45) is 11.8 Å². The number of unbranched alkanes of at least 4 members (excludes halogenated alkanes) is 27. The van der Waals surface area contributed by atoms with E-state index in [2.05, 4.69) is 34.6 Å². The lowest BCUT2D eigenvalue weighted by Crippen LogP contribution is -2.30. The summed E-state index contributed by atoms with van der Waals surface area (Å²) in [5, 5.41) is 0. The Bertz CT molecular complexity index is 841. The quantitative estimate of drug-likeness (QED) is 0.0348. The van der Waals surface area contributed by atoms with Crippen LogP contribution in [0.4, 0.5) is 0 Å². The first-order valence-corrected chi connectivity index (χ1v) is 24.3. The lowest BCUT2D eigenvalue weighted by atomic mass is 9.99. The zero-order chi connectivity index (χ0) is 40.5. The standard InChI is InChI=1S/C49H94O6/c1-6-8-9-10-11-18-24-29-34-39-47(50)53-42-46(43-54-48(51)40-35-30-26-21-22-27-32-37-44(3)4)55-49(52)41-36-31-25-20-17-15-13-12-14-16-19-23-28-33-38-45(5)7-2/h44-46H,6-43H2,1-5H3/t45?,46-/m1/s1. The number of hydrogen-bond donors (Lipinski definition) is 0. The second kappa shape index (κ2) is 42.0. The molecule has 1 unspecified atom stereocenters. The van der Waals surface area contributed by atoms with Crippen molar-refractivity contribution in [1.29, 1.82) is 0 Å². The Hall–Kier alpha value is -1.59. The van der Waals surface area contributed by atoms with Crippen molar-refractivity contribution >= 4 is 17.9 Å². The van der Waals surface area contributed by atoms with Gasteiger partial charge in [-0.3, -0.25) is 14.4 Å². The second-order valence-electron chi connectivity index (χ2n) is 17.5. The molecule has 6 nitrogen and oxygen atoms in total. The van der Waals surface area contributed by atoms with Gasteiger partial charge in [-0.25, -0.2) is 0 Å². The fourth-order valence-electron chi connectivity index (χ4n) is 7.25. The first-order chi connectivity index (χ1) is 26.8. The SMILES string of the molecule is CCCCCCCCCCCC(=O)OC[C@H](COC(=O)CCCCCCCCCC(C)C)OC(=O)CCCCCCCCCCCCCCCCC(C)CC. The molecule has 0 aliphatic rings. The maximum Gasteiger partial charge on any atom is 0.306 e. The van der Waals surface area contributed by atoms with Gasteiger partial charge in [0.15, 0.2) is 6.10 Å². The Morgan fingerprint density at radius 2 is 0.691 bits per heavy atom. The van der Waals surface area contributed by atoms with E-state index in [0.717, 1.165) is 69.6 Å². The van der Waals surface area contributed by atoms with Gasteiger partial charge in [-0.2, -0.15) is 0 Å². The van der Waals surface area contributed by atoms with Crippen LogP contribution in [0.2, 0.25) is 0 Å². The van der Waals surface area contributed by atoms with E-state index in [1.807, 2.05) is 0 Å². The Kier molecular flexibility index (Phi) is 40.8. The summed E-state index contributed by atoms with van der Waals surface area (Å²) in [6, 6.07) is 0. The van der Waals surface area contributed by atoms with Gasteiger partial charge >= 0.3 is 17.9 Å². The summed E-state index contributed by atoms with van der Waals surface area (Å²) in [7, 11) is 0. The van der Waals surface area contributed by atoms with Crippen LogP contribution in [0.3, 0.4) is 0 Å². The minimum Gasteiger partial charge on any atom is -0.462 e.